The number of phenolic OH excluding ortho intramolecular Hbond substituents is 1. The number of aliphatic carboxylic acids is 3. The maximum atomic E-state index is 13.7. The first-order valence-corrected chi connectivity index (χ1v) is 16.9. The second-order valence-electron chi connectivity index (χ2n) is 11.2. The molecule has 1 rings (SSSR count). The van der Waals surface area contributed by atoms with Gasteiger partial charge in [-0.05, 0) is 61.8 Å². The zero-order valence-corrected chi connectivity index (χ0v) is 28.3. The molecule has 19 nitrogen and oxygen atoms in total. The molecule has 0 saturated carbocycles. The van der Waals surface area contributed by atoms with Crippen molar-refractivity contribution in [1.82, 2.24) is 21.3 Å². The molecular weight excluding hydrogens is 680 g/mol. The first kappa shape index (κ1) is 42.9. The van der Waals surface area contributed by atoms with E-state index in [1.54, 1.807) is 6.26 Å². The lowest BCUT2D eigenvalue weighted by atomic mass is 10.0. The van der Waals surface area contributed by atoms with Gasteiger partial charge in [-0.2, -0.15) is 11.8 Å². The number of hydrogen-bond donors (Lipinski definition) is 11. The second-order valence-corrected chi connectivity index (χ2v) is 12.1. The number of aromatic hydroxyl groups is 1. The third-order valence-electron chi connectivity index (χ3n) is 7.10. The van der Waals surface area contributed by atoms with Crippen LogP contribution in [0.5, 0.6) is 5.75 Å². The predicted octanol–water partition coefficient (Wildman–Crippen LogP) is -2.18. The highest BCUT2D eigenvalue weighted by Gasteiger charge is 2.32. The first-order chi connectivity index (χ1) is 23.5. The maximum absolute atomic E-state index is 13.7. The van der Waals surface area contributed by atoms with E-state index >= 15 is 0 Å². The largest absolute Gasteiger partial charge is 0.508 e. The van der Waals surface area contributed by atoms with E-state index in [1.807, 2.05) is 0 Å². The van der Waals surface area contributed by atoms with Crippen molar-refractivity contribution < 1.29 is 54.0 Å². The monoisotopic (exact) mass is 726 g/mol. The molecular formula is C30H46N8O11S. The third-order valence-corrected chi connectivity index (χ3v) is 7.74. The van der Waals surface area contributed by atoms with Crippen molar-refractivity contribution in [1.29, 1.82) is 0 Å². The minimum absolute atomic E-state index is 0.0745. The van der Waals surface area contributed by atoms with E-state index < -0.39 is 97.4 Å². The molecule has 20 heteroatoms. The number of carbonyl (C=O) groups is 7. The molecule has 278 valence electrons. The topological polar surface area (TPSA) is 339 Å². The van der Waals surface area contributed by atoms with Gasteiger partial charge in [0.25, 0.3) is 0 Å². The van der Waals surface area contributed by atoms with E-state index in [1.165, 1.54) is 36.0 Å². The molecule has 0 bridgehead atoms. The zero-order valence-electron chi connectivity index (χ0n) is 27.5. The van der Waals surface area contributed by atoms with Gasteiger partial charge < -0.3 is 58.9 Å². The Bertz CT molecular complexity index is 1360. The van der Waals surface area contributed by atoms with Crippen LogP contribution in [0, 0.1) is 0 Å². The van der Waals surface area contributed by atoms with Gasteiger partial charge in [-0.1, -0.05) is 12.1 Å². The van der Waals surface area contributed by atoms with E-state index in [-0.39, 0.29) is 37.5 Å². The number of thioether (sulfide) groups is 1. The Hall–Kier alpha value is -5.11. The fraction of sp³-hybridized carbons (Fsp3) is 0.533. The highest BCUT2D eigenvalue weighted by Crippen LogP contribution is 2.13. The fourth-order valence-corrected chi connectivity index (χ4v) is 4.86. The van der Waals surface area contributed by atoms with Crippen molar-refractivity contribution in [2.24, 2.45) is 22.2 Å². The summed E-state index contributed by atoms with van der Waals surface area (Å²) < 4.78 is 0. The van der Waals surface area contributed by atoms with E-state index in [9.17, 15) is 48.9 Å². The Kier molecular flexibility index (Phi) is 19.3. The molecule has 0 aliphatic heterocycles. The smallest absolute Gasteiger partial charge is 0.326 e. The molecule has 14 N–H and O–H groups in total. The average Bonchev–Trinajstić information content (AvgIpc) is 3.04. The van der Waals surface area contributed by atoms with Crippen molar-refractivity contribution in [3.05, 3.63) is 29.8 Å². The molecule has 1 aromatic carbocycles. The van der Waals surface area contributed by atoms with Gasteiger partial charge in [0.15, 0.2) is 5.96 Å². The van der Waals surface area contributed by atoms with Crippen LogP contribution >= 0.6 is 11.8 Å². The van der Waals surface area contributed by atoms with Crippen LogP contribution in [0.2, 0.25) is 0 Å². The predicted molar refractivity (Wildman–Crippen MR) is 182 cm³/mol. The minimum Gasteiger partial charge on any atom is -0.508 e. The fourth-order valence-electron chi connectivity index (χ4n) is 4.39. The number of aliphatic imine (C=N–C) groups is 1. The minimum atomic E-state index is -1.66. The summed E-state index contributed by atoms with van der Waals surface area (Å²) in [5.74, 6) is -7.41. The quantitative estimate of drug-likeness (QED) is 0.0306. The first-order valence-electron chi connectivity index (χ1n) is 15.5. The highest BCUT2D eigenvalue weighted by molar-refractivity contribution is 7.98. The molecule has 5 unspecified atom stereocenters. The lowest BCUT2D eigenvalue weighted by molar-refractivity contribution is -0.144. The van der Waals surface area contributed by atoms with Crippen LogP contribution in [0.1, 0.15) is 50.5 Å². The molecule has 4 amide bonds. The Morgan fingerprint density at radius 2 is 1.20 bits per heavy atom. The molecule has 0 radical (unpaired) electrons. The number of carboxylic acid groups (broad SMARTS) is 3. The van der Waals surface area contributed by atoms with Crippen molar-refractivity contribution in [3.8, 4) is 5.75 Å². The van der Waals surface area contributed by atoms with Crippen molar-refractivity contribution in [2.45, 2.75) is 81.6 Å². The summed E-state index contributed by atoms with van der Waals surface area (Å²) in [7, 11) is 0. The number of nitrogens with two attached hydrogens (primary N) is 3. The van der Waals surface area contributed by atoms with Crippen molar-refractivity contribution in [2.75, 3.05) is 18.6 Å². The molecule has 0 aliphatic carbocycles. The van der Waals surface area contributed by atoms with Gasteiger partial charge in [-0.15, -0.1) is 0 Å². The molecule has 0 aliphatic rings. The lowest BCUT2D eigenvalue weighted by Crippen LogP contribution is -2.59. The molecule has 50 heavy (non-hydrogen) atoms. The van der Waals surface area contributed by atoms with Gasteiger partial charge in [-0.25, -0.2) is 4.79 Å². The number of rotatable bonds is 24. The van der Waals surface area contributed by atoms with E-state index in [2.05, 4.69) is 26.3 Å². The van der Waals surface area contributed by atoms with Gasteiger partial charge in [0.1, 0.15) is 29.9 Å². The van der Waals surface area contributed by atoms with Crippen LogP contribution in [-0.4, -0.2) is 117 Å². The number of nitrogens with zero attached hydrogens (tertiary/aromatic N) is 1. The van der Waals surface area contributed by atoms with Gasteiger partial charge in [0.2, 0.25) is 23.6 Å². The lowest BCUT2D eigenvalue weighted by Gasteiger charge is -2.26. The normalized spacial score (nSPS) is 13.7. The summed E-state index contributed by atoms with van der Waals surface area (Å²) in [4.78, 5) is 91.0. The Labute approximate surface area is 292 Å². The molecule has 1 aromatic rings. The number of carboxylic acids is 3. The Morgan fingerprint density at radius 1 is 0.720 bits per heavy atom. The van der Waals surface area contributed by atoms with Crippen LogP contribution < -0.4 is 38.5 Å². The average molecular weight is 727 g/mol. The number of phenols is 1. The number of benzene rings is 1. The second kappa shape index (κ2) is 22.5. The van der Waals surface area contributed by atoms with Gasteiger partial charge in [0.05, 0.1) is 6.04 Å². The molecule has 5 atom stereocenters. The summed E-state index contributed by atoms with van der Waals surface area (Å²) in [5, 5.41) is 47.0. The van der Waals surface area contributed by atoms with E-state index in [4.69, 9.17) is 22.3 Å². The van der Waals surface area contributed by atoms with Crippen molar-refractivity contribution in [3.63, 3.8) is 0 Å². The van der Waals surface area contributed by atoms with E-state index in [0.717, 1.165) is 0 Å². The van der Waals surface area contributed by atoms with Crippen LogP contribution in [0.4, 0.5) is 0 Å². The highest BCUT2D eigenvalue weighted by atomic mass is 32.2. The number of nitrogens with one attached hydrogen (secondary N) is 4. The molecule has 0 saturated heterocycles. The van der Waals surface area contributed by atoms with Crippen molar-refractivity contribution >= 4 is 59.3 Å². The zero-order chi connectivity index (χ0) is 37.8. The van der Waals surface area contributed by atoms with Gasteiger partial charge in [-0.3, -0.25) is 33.8 Å². The standard InChI is InChI=1S/C30H46N8O11S/c1-50-14-12-20(35-25(44)18(31)3-2-13-34-30(32)33)27(46)38-22(15-16-4-6-17(39)7-5-16)28(47)36-19(8-10-23(40)41)26(45)37-21(29(48)49)9-11-24(42)43/h4-7,18-22,39H,2-3,8-15,31H2,1H3,(H,35,44)(H,36,47)(H,37,45)(H,38,46)(H,40,41)(H,42,43)(H,48,49)(H4,32,33,34). The molecule has 0 aromatic heterocycles. The summed E-state index contributed by atoms with van der Waals surface area (Å²) in [5.41, 5.74) is 17.1. The van der Waals surface area contributed by atoms with Gasteiger partial charge in [0, 0.05) is 25.8 Å². The molecule has 0 heterocycles. The number of carbonyl (C=O) groups excluding carboxylic acids is 4. The van der Waals surface area contributed by atoms with Gasteiger partial charge >= 0.3 is 17.9 Å². The molecule has 0 spiro atoms. The number of amides is 4. The summed E-state index contributed by atoms with van der Waals surface area (Å²) in [6.45, 7) is 0.235. The van der Waals surface area contributed by atoms with Crippen LogP contribution in [0.25, 0.3) is 0 Å². The Morgan fingerprint density at radius 3 is 1.72 bits per heavy atom. The SMILES string of the molecule is CSCCC(NC(=O)C(N)CCCN=C(N)N)C(=O)NC(Cc1ccc(O)cc1)C(=O)NC(CCC(=O)O)C(=O)NC(CCC(=O)O)C(=O)O. The van der Waals surface area contributed by atoms with Crippen LogP contribution in [-0.2, 0) is 40.0 Å². The Balaban J connectivity index is 3.28. The maximum Gasteiger partial charge on any atom is 0.326 e. The third kappa shape index (κ3) is 17.3. The summed E-state index contributed by atoms with van der Waals surface area (Å²) >= 11 is 1.39. The number of guanidine groups is 1. The van der Waals surface area contributed by atoms with Crippen LogP contribution in [0.3, 0.4) is 0 Å². The summed E-state index contributed by atoms with van der Waals surface area (Å²) in [6.07, 6.45) is 0.141. The summed E-state index contributed by atoms with van der Waals surface area (Å²) in [6, 6.07) is -1.20. The van der Waals surface area contributed by atoms with E-state index in [0.29, 0.717) is 17.7 Å². The van der Waals surface area contributed by atoms with Crippen LogP contribution in [0.15, 0.2) is 29.3 Å². The molecule has 0 fully saturated rings. The number of hydrogen-bond acceptors (Lipinski definition) is 11.